The average molecular weight is 339 g/mol. The third-order valence-corrected chi connectivity index (χ3v) is 4.16. The summed E-state index contributed by atoms with van der Waals surface area (Å²) in [6.07, 6.45) is -2.52. The van der Waals surface area contributed by atoms with Gasteiger partial charge in [-0.2, -0.15) is 0 Å². The number of halogens is 3. The van der Waals surface area contributed by atoms with Gasteiger partial charge in [0.15, 0.2) is 0 Å². The van der Waals surface area contributed by atoms with Crippen LogP contribution in [0.25, 0.3) is 0 Å². The van der Waals surface area contributed by atoms with Gasteiger partial charge in [0.2, 0.25) is 0 Å². The molecule has 1 aliphatic heterocycles. The number of pyridine rings is 1. The SMILES string of the molecule is OCC1(c2cccc(OC(F)(F)F)c2)OCCC1c1ccccn1. The van der Waals surface area contributed by atoms with Crippen LogP contribution in [-0.2, 0) is 10.3 Å². The Bertz CT molecular complexity index is 693. The van der Waals surface area contributed by atoms with Gasteiger partial charge < -0.3 is 14.6 Å². The largest absolute Gasteiger partial charge is 0.573 e. The van der Waals surface area contributed by atoms with Gasteiger partial charge in [0, 0.05) is 24.4 Å². The molecule has 0 spiro atoms. The van der Waals surface area contributed by atoms with E-state index < -0.39 is 12.0 Å². The van der Waals surface area contributed by atoms with Crippen molar-refractivity contribution in [2.24, 2.45) is 0 Å². The Morgan fingerprint density at radius 3 is 2.75 bits per heavy atom. The number of rotatable bonds is 4. The number of ether oxygens (including phenoxy) is 2. The van der Waals surface area contributed by atoms with Gasteiger partial charge in [0.25, 0.3) is 0 Å². The highest BCUT2D eigenvalue weighted by Gasteiger charge is 2.47. The van der Waals surface area contributed by atoms with Gasteiger partial charge in [-0.05, 0) is 36.2 Å². The van der Waals surface area contributed by atoms with Gasteiger partial charge in [-0.15, -0.1) is 13.2 Å². The maximum absolute atomic E-state index is 12.5. The molecule has 7 heteroatoms. The molecule has 2 unspecified atom stereocenters. The van der Waals surface area contributed by atoms with E-state index in [9.17, 15) is 18.3 Å². The van der Waals surface area contributed by atoms with E-state index in [1.807, 2.05) is 12.1 Å². The third kappa shape index (κ3) is 3.22. The second-order valence-electron chi connectivity index (χ2n) is 5.57. The molecule has 0 saturated carbocycles. The summed E-state index contributed by atoms with van der Waals surface area (Å²) in [5.74, 6) is -0.604. The number of alkyl halides is 3. The van der Waals surface area contributed by atoms with Crippen molar-refractivity contribution in [1.82, 2.24) is 4.98 Å². The van der Waals surface area contributed by atoms with E-state index in [4.69, 9.17) is 4.74 Å². The van der Waals surface area contributed by atoms with Gasteiger partial charge in [0.05, 0.1) is 6.61 Å². The van der Waals surface area contributed by atoms with Crippen LogP contribution >= 0.6 is 0 Å². The summed E-state index contributed by atoms with van der Waals surface area (Å²) in [5, 5.41) is 10.0. The molecule has 0 amide bonds. The number of nitrogens with zero attached hydrogens (tertiary/aromatic N) is 1. The maximum Gasteiger partial charge on any atom is 0.573 e. The molecule has 24 heavy (non-hydrogen) atoms. The highest BCUT2D eigenvalue weighted by molar-refractivity contribution is 5.36. The second kappa shape index (κ2) is 6.41. The van der Waals surface area contributed by atoms with Crippen molar-refractivity contribution in [1.29, 1.82) is 0 Å². The van der Waals surface area contributed by atoms with Crippen molar-refractivity contribution < 1.29 is 27.8 Å². The van der Waals surface area contributed by atoms with Crippen LogP contribution in [0.5, 0.6) is 5.75 Å². The smallest absolute Gasteiger partial charge is 0.406 e. The minimum atomic E-state index is -4.78. The van der Waals surface area contributed by atoms with Crippen LogP contribution < -0.4 is 4.74 Å². The van der Waals surface area contributed by atoms with E-state index in [0.717, 1.165) is 5.69 Å². The van der Waals surface area contributed by atoms with Crippen molar-refractivity contribution >= 4 is 0 Å². The maximum atomic E-state index is 12.5. The quantitative estimate of drug-likeness (QED) is 0.928. The predicted octanol–water partition coefficient (Wildman–Crippen LogP) is 3.37. The van der Waals surface area contributed by atoms with E-state index >= 15 is 0 Å². The first-order valence-corrected chi connectivity index (χ1v) is 7.47. The molecular weight excluding hydrogens is 323 g/mol. The summed E-state index contributed by atoms with van der Waals surface area (Å²) in [5.41, 5.74) is 0.0189. The molecule has 2 aromatic rings. The average Bonchev–Trinajstić information content (AvgIpc) is 2.99. The summed E-state index contributed by atoms with van der Waals surface area (Å²) in [6, 6.07) is 11.0. The molecule has 1 aromatic carbocycles. The lowest BCUT2D eigenvalue weighted by atomic mass is 9.79. The predicted molar refractivity (Wildman–Crippen MR) is 79.4 cm³/mol. The van der Waals surface area contributed by atoms with E-state index in [-0.39, 0.29) is 18.3 Å². The van der Waals surface area contributed by atoms with Gasteiger partial charge >= 0.3 is 6.36 Å². The zero-order valence-corrected chi connectivity index (χ0v) is 12.7. The Kier molecular flexibility index (Phi) is 4.47. The highest BCUT2D eigenvalue weighted by atomic mass is 19.4. The lowest BCUT2D eigenvalue weighted by Gasteiger charge is -2.33. The fourth-order valence-corrected chi connectivity index (χ4v) is 3.15. The Hall–Kier alpha value is -2.12. The number of hydrogen-bond acceptors (Lipinski definition) is 4. The Morgan fingerprint density at radius 2 is 2.08 bits per heavy atom. The molecule has 0 aliphatic carbocycles. The summed E-state index contributed by atoms with van der Waals surface area (Å²) >= 11 is 0. The van der Waals surface area contributed by atoms with Crippen LogP contribution in [0.3, 0.4) is 0 Å². The zero-order chi connectivity index (χ0) is 17.2. The number of aliphatic hydroxyl groups is 1. The van der Waals surface area contributed by atoms with Crippen LogP contribution in [0.1, 0.15) is 23.6 Å². The fourth-order valence-electron chi connectivity index (χ4n) is 3.15. The Balaban J connectivity index is 1.99. The van der Waals surface area contributed by atoms with Gasteiger partial charge in [-0.25, -0.2) is 0 Å². The molecule has 1 N–H and O–H groups in total. The molecular formula is C17H16F3NO3. The molecule has 0 radical (unpaired) electrons. The van der Waals surface area contributed by atoms with E-state index in [1.54, 1.807) is 18.3 Å². The molecule has 128 valence electrons. The van der Waals surface area contributed by atoms with Crippen molar-refractivity contribution in [3.8, 4) is 5.75 Å². The van der Waals surface area contributed by atoms with Gasteiger partial charge in [0.1, 0.15) is 11.4 Å². The molecule has 3 rings (SSSR count). The molecule has 0 bridgehead atoms. The lowest BCUT2D eigenvalue weighted by Crippen LogP contribution is -2.35. The second-order valence-corrected chi connectivity index (χ2v) is 5.57. The first-order chi connectivity index (χ1) is 11.4. The first-order valence-electron chi connectivity index (χ1n) is 7.47. The first kappa shape index (κ1) is 16.7. The van der Waals surface area contributed by atoms with Crippen LogP contribution in [0.4, 0.5) is 13.2 Å². The number of hydrogen-bond donors (Lipinski definition) is 1. The Labute approximate surface area is 136 Å². The summed E-state index contributed by atoms with van der Waals surface area (Å²) in [4.78, 5) is 4.31. The van der Waals surface area contributed by atoms with Crippen molar-refractivity contribution in [3.63, 3.8) is 0 Å². The van der Waals surface area contributed by atoms with Crippen molar-refractivity contribution in [2.75, 3.05) is 13.2 Å². The van der Waals surface area contributed by atoms with Crippen LogP contribution in [0.2, 0.25) is 0 Å². The fraction of sp³-hybridized carbons (Fsp3) is 0.353. The van der Waals surface area contributed by atoms with Crippen LogP contribution in [0, 0.1) is 0 Å². The van der Waals surface area contributed by atoms with Crippen LogP contribution in [-0.4, -0.2) is 29.7 Å². The number of aliphatic hydroxyl groups excluding tert-OH is 1. The third-order valence-electron chi connectivity index (χ3n) is 4.16. The minimum absolute atomic E-state index is 0.259. The van der Waals surface area contributed by atoms with E-state index in [2.05, 4.69) is 9.72 Å². The van der Waals surface area contributed by atoms with Crippen molar-refractivity contribution in [2.45, 2.75) is 24.3 Å². The van der Waals surface area contributed by atoms with E-state index in [0.29, 0.717) is 18.6 Å². The normalized spacial score (nSPS) is 24.1. The minimum Gasteiger partial charge on any atom is -0.406 e. The molecule has 2 atom stereocenters. The van der Waals surface area contributed by atoms with Crippen molar-refractivity contribution in [3.05, 3.63) is 59.9 Å². The molecule has 1 aliphatic rings. The topological polar surface area (TPSA) is 51.6 Å². The molecule has 1 saturated heterocycles. The highest BCUT2D eigenvalue weighted by Crippen LogP contribution is 2.47. The summed E-state index contributed by atoms with van der Waals surface area (Å²) in [7, 11) is 0. The van der Waals surface area contributed by atoms with E-state index in [1.165, 1.54) is 18.2 Å². The number of benzene rings is 1. The molecule has 4 nitrogen and oxygen atoms in total. The monoisotopic (exact) mass is 339 g/mol. The molecule has 2 heterocycles. The summed E-state index contributed by atoms with van der Waals surface area (Å²) in [6.45, 7) is 0.00979. The van der Waals surface area contributed by atoms with Crippen LogP contribution in [0.15, 0.2) is 48.7 Å². The lowest BCUT2D eigenvalue weighted by molar-refractivity contribution is -0.274. The number of aromatic nitrogens is 1. The van der Waals surface area contributed by atoms with Gasteiger partial charge in [-0.3, -0.25) is 4.98 Å². The summed E-state index contributed by atoms with van der Waals surface area (Å²) < 4.78 is 47.1. The molecule has 1 aromatic heterocycles. The Morgan fingerprint density at radius 1 is 1.25 bits per heavy atom. The zero-order valence-electron chi connectivity index (χ0n) is 12.7. The van der Waals surface area contributed by atoms with Gasteiger partial charge in [-0.1, -0.05) is 18.2 Å². The molecule has 1 fully saturated rings. The standard InChI is InChI=1S/C17H16F3NO3/c18-17(19,20)24-13-5-3-4-12(10-13)16(11-22)14(7-9-23-16)15-6-1-2-8-21-15/h1-6,8,10,14,22H,7,9,11H2.